The van der Waals surface area contributed by atoms with Gasteiger partial charge in [0.05, 0.1) is 18.6 Å². The van der Waals surface area contributed by atoms with Crippen LogP contribution in [0, 0.1) is 6.92 Å². The van der Waals surface area contributed by atoms with E-state index in [4.69, 9.17) is 10.3 Å². The predicted octanol–water partition coefficient (Wildman–Crippen LogP) is 0.261. The fourth-order valence-electron chi connectivity index (χ4n) is 1.22. The number of hydrogen-bond donors (Lipinski definition) is 3. The van der Waals surface area contributed by atoms with Crippen molar-refractivity contribution in [2.24, 2.45) is 0 Å². The molecule has 0 atom stereocenters. The Hall–Kier alpha value is -2.31. The molecule has 0 saturated carbocycles. The molecule has 0 aliphatic carbocycles. The number of nitrogens with zero attached hydrogens (tertiary/aromatic N) is 2. The van der Waals surface area contributed by atoms with E-state index < -0.39 is 0 Å². The molecule has 7 heteroatoms. The van der Waals surface area contributed by atoms with Crippen molar-refractivity contribution in [3.05, 3.63) is 34.2 Å². The molecule has 2 heterocycles. The van der Waals surface area contributed by atoms with E-state index in [0.717, 1.165) is 5.69 Å². The SMILES string of the molecule is Cc1cc(CNc2nc[nH]c(=O)c2N)on1. The highest BCUT2D eigenvalue weighted by molar-refractivity contribution is 5.58. The zero-order valence-corrected chi connectivity index (χ0v) is 8.65. The van der Waals surface area contributed by atoms with Gasteiger partial charge in [0, 0.05) is 6.07 Å². The average Bonchev–Trinajstić information content (AvgIpc) is 2.67. The fourth-order valence-corrected chi connectivity index (χ4v) is 1.22. The van der Waals surface area contributed by atoms with Crippen LogP contribution in [0.15, 0.2) is 21.7 Å². The third kappa shape index (κ3) is 2.02. The molecule has 4 N–H and O–H groups in total. The van der Waals surface area contributed by atoms with Crippen LogP contribution in [-0.2, 0) is 6.54 Å². The van der Waals surface area contributed by atoms with E-state index in [1.807, 2.05) is 6.92 Å². The Bertz CT molecular complexity index is 545. The first-order valence-electron chi connectivity index (χ1n) is 4.66. The van der Waals surface area contributed by atoms with Crippen LogP contribution < -0.4 is 16.6 Å². The van der Waals surface area contributed by atoms with Gasteiger partial charge in [0.15, 0.2) is 11.6 Å². The van der Waals surface area contributed by atoms with Crippen molar-refractivity contribution < 1.29 is 4.52 Å². The number of aromatic nitrogens is 3. The Kier molecular flexibility index (Phi) is 2.59. The molecule has 7 nitrogen and oxygen atoms in total. The minimum absolute atomic E-state index is 0.0544. The highest BCUT2D eigenvalue weighted by atomic mass is 16.5. The Morgan fingerprint density at radius 3 is 3.12 bits per heavy atom. The summed E-state index contributed by atoms with van der Waals surface area (Å²) in [5.74, 6) is 0.983. The molecule has 0 aliphatic rings. The summed E-state index contributed by atoms with van der Waals surface area (Å²) in [6.07, 6.45) is 1.28. The van der Waals surface area contributed by atoms with Gasteiger partial charge in [0.25, 0.3) is 5.56 Å². The highest BCUT2D eigenvalue weighted by Crippen LogP contribution is 2.10. The third-order valence-electron chi connectivity index (χ3n) is 2.00. The van der Waals surface area contributed by atoms with Crippen molar-refractivity contribution in [3.63, 3.8) is 0 Å². The van der Waals surface area contributed by atoms with Crippen LogP contribution in [0.3, 0.4) is 0 Å². The molecule has 2 rings (SSSR count). The van der Waals surface area contributed by atoms with Gasteiger partial charge in [-0.3, -0.25) is 4.79 Å². The van der Waals surface area contributed by atoms with Gasteiger partial charge >= 0.3 is 0 Å². The zero-order valence-electron chi connectivity index (χ0n) is 8.65. The van der Waals surface area contributed by atoms with Crippen LogP contribution >= 0.6 is 0 Å². The van der Waals surface area contributed by atoms with E-state index in [1.54, 1.807) is 6.07 Å². The molecule has 0 unspecified atom stereocenters. The predicted molar refractivity (Wildman–Crippen MR) is 57.8 cm³/mol. The first-order chi connectivity index (χ1) is 7.66. The number of H-pyrrole nitrogens is 1. The van der Waals surface area contributed by atoms with Crippen LogP contribution in [0.25, 0.3) is 0 Å². The van der Waals surface area contributed by atoms with E-state index in [0.29, 0.717) is 18.1 Å². The summed E-state index contributed by atoms with van der Waals surface area (Å²) in [6, 6.07) is 1.79. The van der Waals surface area contributed by atoms with Crippen LogP contribution in [0.4, 0.5) is 11.5 Å². The lowest BCUT2D eigenvalue weighted by Gasteiger charge is -2.04. The van der Waals surface area contributed by atoms with Crippen molar-refractivity contribution in [1.29, 1.82) is 0 Å². The Morgan fingerprint density at radius 2 is 2.44 bits per heavy atom. The molecule has 16 heavy (non-hydrogen) atoms. The Balaban J connectivity index is 2.10. The molecule has 0 aliphatic heterocycles. The number of hydrogen-bond acceptors (Lipinski definition) is 6. The molecular formula is C9H11N5O2. The number of rotatable bonds is 3. The van der Waals surface area contributed by atoms with E-state index in [-0.39, 0.29) is 11.2 Å². The van der Waals surface area contributed by atoms with Crippen LogP contribution in [0.1, 0.15) is 11.5 Å². The number of aryl methyl sites for hydroxylation is 1. The fraction of sp³-hybridized carbons (Fsp3) is 0.222. The molecule has 0 saturated heterocycles. The molecule has 0 amide bonds. The summed E-state index contributed by atoms with van der Waals surface area (Å²) >= 11 is 0. The quantitative estimate of drug-likeness (QED) is 0.685. The van der Waals surface area contributed by atoms with Gasteiger partial charge in [0.1, 0.15) is 5.69 Å². The molecule has 0 radical (unpaired) electrons. The summed E-state index contributed by atoms with van der Waals surface area (Å²) < 4.78 is 4.99. The zero-order chi connectivity index (χ0) is 11.5. The van der Waals surface area contributed by atoms with Gasteiger partial charge in [-0.2, -0.15) is 0 Å². The lowest BCUT2D eigenvalue weighted by Crippen LogP contribution is -2.15. The number of aromatic amines is 1. The van der Waals surface area contributed by atoms with Crippen LogP contribution in [-0.4, -0.2) is 15.1 Å². The van der Waals surface area contributed by atoms with Gasteiger partial charge in [-0.25, -0.2) is 4.98 Å². The Labute approximate surface area is 90.7 Å². The van der Waals surface area contributed by atoms with Gasteiger partial charge in [-0.05, 0) is 6.92 Å². The maximum Gasteiger partial charge on any atom is 0.276 e. The molecular weight excluding hydrogens is 210 g/mol. The van der Waals surface area contributed by atoms with E-state index in [1.165, 1.54) is 6.33 Å². The molecule has 0 bridgehead atoms. The number of nitrogen functional groups attached to an aromatic ring is 1. The number of nitrogens with two attached hydrogens (primary N) is 1. The number of anilines is 2. The van der Waals surface area contributed by atoms with E-state index >= 15 is 0 Å². The summed E-state index contributed by atoms with van der Waals surface area (Å²) in [6.45, 7) is 2.20. The van der Waals surface area contributed by atoms with Crippen molar-refractivity contribution >= 4 is 11.5 Å². The summed E-state index contributed by atoms with van der Waals surface area (Å²) in [7, 11) is 0. The van der Waals surface area contributed by atoms with Crippen molar-refractivity contribution in [2.45, 2.75) is 13.5 Å². The minimum Gasteiger partial charge on any atom is -0.391 e. The number of nitrogens with one attached hydrogen (secondary N) is 2. The maximum atomic E-state index is 11.2. The Morgan fingerprint density at radius 1 is 1.62 bits per heavy atom. The van der Waals surface area contributed by atoms with Gasteiger partial charge in [-0.1, -0.05) is 5.16 Å². The highest BCUT2D eigenvalue weighted by Gasteiger charge is 2.05. The maximum absolute atomic E-state index is 11.2. The summed E-state index contributed by atoms with van der Waals surface area (Å²) in [5.41, 5.74) is 6.02. The normalized spacial score (nSPS) is 10.3. The second-order valence-electron chi connectivity index (χ2n) is 3.28. The minimum atomic E-state index is -0.369. The average molecular weight is 221 g/mol. The standard InChI is InChI=1S/C9H11N5O2/c1-5-2-6(16-14-5)3-11-8-7(10)9(15)13-4-12-8/h2,4H,3,10H2,1H3,(H2,11,12,13,15). The largest absolute Gasteiger partial charge is 0.391 e. The molecule has 2 aromatic heterocycles. The van der Waals surface area contributed by atoms with Gasteiger partial charge in [-0.15, -0.1) is 0 Å². The van der Waals surface area contributed by atoms with E-state index in [9.17, 15) is 4.79 Å². The topological polar surface area (TPSA) is 110 Å². The molecule has 0 aromatic carbocycles. The first-order valence-corrected chi connectivity index (χ1v) is 4.66. The second-order valence-corrected chi connectivity index (χ2v) is 3.28. The monoisotopic (exact) mass is 221 g/mol. The molecule has 0 fully saturated rings. The summed E-state index contributed by atoms with van der Waals surface area (Å²) in [4.78, 5) is 17.4. The van der Waals surface area contributed by atoms with Crippen LogP contribution in [0.2, 0.25) is 0 Å². The summed E-state index contributed by atoms with van der Waals surface area (Å²) in [5, 5.41) is 6.63. The molecule has 2 aromatic rings. The van der Waals surface area contributed by atoms with Crippen molar-refractivity contribution in [1.82, 2.24) is 15.1 Å². The van der Waals surface area contributed by atoms with Gasteiger partial charge in [0.2, 0.25) is 0 Å². The van der Waals surface area contributed by atoms with Crippen molar-refractivity contribution in [3.8, 4) is 0 Å². The molecule has 0 spiro atoms. The lowest BCUT2D eigenvalue weighted by molar-refractivity contribution is 0.384. The van der Waals surface area contributed by atoms with Crippen molar-refractivity contribution in [2.75, 3.05) is 11.1 Å². The second kappa shape index (κ2) is 4.05. The first kappa shape index (κ1) is 10.2. The lowest BCUT2D eigenvalue weighted by atomic mass is 10.4. The van der Waals surface area contributed by atoms with Gasteiger partial charge < -0.3 is 20.6 Å². The molecule has 84 valence electrons. The smallest absolute Gasteiger partial charge is 0.276 e. The third-order valence-corrected chi connectivity index (χ3v) is 2.00. The van der Waals surface area contributed by atoms with Crippen LogP contribution in [0.5, 0.6) is 0 Å². The van der Waals surface area contributed by atoms with E-state index in [2.05, 4.69) is 20.4 Å².